The molecule has 1 saturated heterocycles. The van der Waals surface area contributed by atoms with E-state index in [-0.39, 0.29) is 17.6 Å². The summed E-state index contributed by atoms with van der Waals surface area (Å²) in [5, 5.41) is 10.6. The van der Waals surface area contributed by atoms with Gasteiger partial charge in [-0.2, -0.15) is 0 Å². The summed E-state index contributed by atoms with van der Waals surface area (Å²) in [5.41, 5.74) is 2.18. The van der Waals surface area contributed by atoms with E-state index in [0.717, 1.165) is 18.4 Å². The lowest BCUT2D eigenvalue weighted by molar-refractivity contribution is -0.139. The SMILES string of the molecule is CC1=C(C(=O)O)[C@@H](c2ccc(Cl)nc2)C(Cc2ccc(OCCCl)cc2)C(=O)N1C[C@@H]1CCCO1. The van der Waals surface area contributed by atoms with Crippen molar-refractivity contribution in [3.8, 4) is 5.75 Å². The van der Waals surface area contributed by atoms with Gasteiger partial charge in [0.15, 0.2) is 0 Å². The lowest BCUT2D eigenvalue weighted by Gasteiger charge is -2.40. The van der Waals surface area contributed by atoms with Crippen LogP contribution < -0.4 is 4.74 Å². The van der Waals surface area contributed by atoms with Crippen LogP contribution in [0.25, 0.3) is 0 Å². The topological polar surface area (TPSA) is 89.0 Å². The number of carbonyl (C=O) groups excluding carboxylic acids is 1. The van der Waals surface area contributed by atoms with Crippen LogP contribution in [0.1, 0.15) is 36.8 Å². The molecule has 0 radical (unpaired) electrons. The Bertz CT molecular complexity index is 1080. The summed E-state index contributed by atoms with van der Waals surface area (Å²) in [7, 11) is 0. The van der Waals surface area contributed by atoms with E-state index in [1.54, 1.807) is 30.2 Å². The number of carboxylic acids is 1. The summed E-state index contributed by atoms with van der Waals surface area (Å²) in [6, 6.07) is 10.8. The first-order chi connectivity index (χ1) is 16.9. The number of alkyl halides is 1. The molecule has 3 atom stereocenters. The van der Waals surface area contributed by atoms with Crippen molar-refractivity contribution in [1.29, 1.82) is 0 Å². The van der Waals surface area contributed by atoms with Crippen LogP contribution in [0.5, 0.6) is 5.75 Å². The number of halogens is 2. The number of nitrogens with zero attached hydrogens (tertiary/aromatic N) is 2. The maximum atomic E-state index is 13.9. The van der Waals surface area contributed by atoms with Gasteiger partial charge >= 0.3 is 5.97 Å². The molecule has 35 heavy (non-hydrogen) atoms. The van der Waals surface area contributed by atoms with Gasteiger partial charge in [-0.3, -0.25) is 4.79 Å². The number of ether oxygens (including phenoxy) is 2. The number of amides is 1. The molecular weight excluding hydrogens is 491 g/mol. The van der Waals surface area contributed by atoms with Gasteiger partial charge < -0.3 is 19.5 Å². The van der Waals surface area contributed by atoms with Gasteiger partial charge in [0.25, 0.3) is 0 Å². The molecule has 1 aromatic carbocycles. The Hall–Kier alpha value is -2.61. The average molecular weight is 519 g/mol. The number of hydrogen-bond acceptors (Lipinski definition) is 5. The number of carboxylic acid groups (broad SMARTS) is 1. The molecule has 9 heteroatoms. The fourth-order valence-corrected chi connectivity index (χ4v) is 5.08. The monoisotopic (exact) mass is 518 g/mol. The maximum Gasteiger partial charge on any atom is 0.333 e. The highest BCUT2D eigenvalue weighted by atomic mass is 35.5. The van der Waals surface area contributed by atoms with Crippen molar-refractivity contribution >= 4 is 35.1 Å². The van der Waals surface area contributed by atoms with Gasteiger partial charge in [-0.1, -0.05) is 29.8 Å². The minimum absolute atomic E-state index is 0.100. The largest absolute Gasteiger partial charge is 0.492 e. The first-order valence-corrected chi connectivity index (χ1v) is 12.6. The highest BCUT2D eigenvalue weighted by Crippen LogP contribution is 2.42. The fourth-order valence-electron chi connectivity index (χ4n) is 4.89. The highest BCUT2D eigenvalue weighted by molar-refractivity contribution is 6.29. The standard InChI is InChI=1S/C26H28Cl2N2O5/c1-16-23(26(32)33)24(18-6-9-22(28)29-14-18)21(25(31)30(16)15-20-3-2-11-34-20)13-17-4-7-19(8-5-17)35-12-10-27/h4-9,14,20-21,24H,2-3,10-13,15H2,1H3,(H,32,33)/t20-,21?,24-/m0/s1. The van der Waals surface area contributed by atoms with E-state index < -0.39 is 17.8 Å². The molecule has 7 nitrogen and oxygen atoms in total. The van der Waals surface area contributed by atoms with Crippen LogP contribution in [0.3, 0.4) is 0 Å². The highest BCUT2D eigenvalue weighted by Gasteiger charge is 2.44. The molecule has 2 aromatic rings. The molecule has 186 valence electrons. The van der Waals surface area contributed by atoms with Crippen molar-refractivity contribution in [2.24, 2.45) is 5.92 Å². The molecule has 2 aliphatic rings. The molecule has 1 N–H and O–H groups in total. The van der Waals surface area contributed by atoms with Crippen LogP contribution >= 0.6 is 23.2 Å². The van der Waals surface area contributed by atoms with Crippen LogP contribution in [0.2, 0.25) is 5.15 Å². The van der Waals surface area contributed by atoms with Gasteiger partial charge in [-0.15, -0.1) is 11.6 Å². The summed E-state index contributed by atoms with van der Waals surface area (Å²) in [4.78, 5) is 32.2. The fraction of sp³-hybridized carbons (Fsp3) is 0.423. The Morgan fingerprint density at radius 3 is 2.63 bits per heavy atom. The predicted molar refractivity (Wildman–Crippen MR) is 133 cm³/mol. The summed E-state index contributed by atoms with van der Waals surface area (Å²) in [6.45, 7) is 3.10. The molecule has 0 spiro atoms. The molecule has 3 heterocycles. The van der Waals surface area contributed by atoms with Crippen LogP contribution in [0.4, 0.5) is 0 Å². The van der Waals surface area contributed by atoms with Crippen molar-refractivity contribution in [1.82, 2.24) is 9.88 Å². The van der Waals surface area contributed by atoms with Crippen molar-refractivity contribution in [2.45, 2.75) is 38.2 Å². The number of pyridine rings is 1. The molecular formula is C26H28Cl2N2O5. The van der Waals surface area contributed by atoms with Crippen molar-refractivity contribution < 1.29 is 24.2 Å². The second kappa shape index (κ2) is 11.4. The Kier molecular flexibility index (Phi) is 8.31. The Morgan fingerprint density at radius 1 is 1.26 bits per heavy atom. The summed E-state index contributed by atoms with van der Waals surface area (Å²) < 4.78 is 11.3. The maximum absolute atomic E-state index is 13.9. The van der Waals surface area contributed by atoms with E-state index in [1.165, 1.54) is 0 Å². The summed E-state index contributed by atoms with van der Waals surface area (Å²) in [5.74, 6) is -1.40. The van der Waals surface area contributed by atoms with Gasteiger partial charge in [0.05, 0.1) is 30.0 Å². The van der Waals surface area contributed by atoms with E-state index in [4.69, 9.17) is 32.7 Å². The number of carbonyl (C=O) groups is 2. The quantitative estimate of drug-likeness (QED) is 0.383. The average Bonchev–Trinajstić information content (AvgIpc) is 3.36. The lowest BCUT2D eigenvalue weighted by atomic mass is 9.74. The minimum atomic E-state index is -1.05. The van der Waals surface area contributed by atoms with Gasteiger partial charge in [0, 0.05) is 24.4 Å². The van der Waals surface area contributed by atoms with Crippen LogP contribution in [0, 0.1) is 5.92 Å². The van der Waals surface area contributed by atoms with Crippen LogP contribution in [-0.2, 0) is 20.7 Å². The first kappa shape index (κ1) is 25.5. The van der Waals surface area contributed by atoms with Crippen molar-refractivity contribution in [2.75, 3.05) is 25.6 Å². The van der Waals surface area contributed by atoms with Crippen LogP contribution in [0.15, 0.2) is 53.9 Å². The molecule has 0 saturated carbocycles. The number of rotatable bonds is 9. The van der Waals surface area contributed by atoms with E-state index in [1.807, 2.05) is 24.3 Å². The van der Waals surface area contributed by atoms with Crippen LogP contribution in [-0.4, -0.2) is 58.6 Å². The van der Waals surface area contributed by atoms with Gasteiger partial charge in [0.2, 0.25) is 5.91 Å². The zero-order valence-corrected chi connectivity index (χ0v) is 21.0. The molecule has 0 aliphatic carbocycles. The second-order valence-electron chi connectivity index (χ2n) is 8.77. The summed E-state index contributed by atoms with van der Waals surface area (Å²) in [6.07, 6.45) is 3.59. The third-order valence-corrected chi connectivity index (χ3v) is 6.94. The minimum Gasteiger partial charge on any atom is -0.492 e. The summed E-state index contributed by atoms with van der Waals surface area (Å²) >= 11 is 11.7. The zero-order valence-electron chi connectivity index (χ0n) is 19.5. The molecule has 4 rings (SSSR count). The number of aromatic nitrogens is 1. The number of aliphatic carboxylic acids is 1. The molecule has 1 fully saturated rings. The predicted octanol–water partition coefficient (Wildman–Crippen LogP) is 4.67. The smallest absolute Gasteiger partial charge is 0.333 e. The molecule has 0 bridgehead atoms. The van der Waals surface area contributed by atoms with Crippen molar-refractivity contribution in [3.05, 3.63) is 70.1 Å². The van der Waals surface area contributed by atoms with E-state index in [0.29, 0.717) is 54.2 Å². The zero-order chi connectivity index (χ0) is 24.9. The lowest BCUT2D eigenvalue weighted by Crippen LogP contribution is -2.47. The first-order valence-electron chi connectivity index (χ1n) is 11.6. The van der Waals surface area contributed by atoms with E-state index in [9.17, 15) is 14.7 Å². The molecule has 1 aromatic heterocycles. The third-order valence-electron chi connectivity index (χ3n) is 6.57. The van der Waals surface area contributed by atoms with Gasteiger partial charge in [-0.25, -0.2) is 9.78 Å². The van der Waals surface area contributed by atoms with E-state index >= 15 is 0 Å². The Morgan fingerprint density at radius 2 is 2.03 bits per heavy atom. The number of allylic oxidation sites excluding steroid dienone is 1. The van der Waals surface area contributed by atoms with Gasteiger partial charge in [0.1, 0.15) is 17.5 Å². The van der Waals surface area contributed by atoms with Gasteiger partial charge in [-0.05, 0) is 55.5 Å². The Balaban J connectivity index is 1.72. The molecule has 1 unspecified atom stereocenters. The normalized spacial score (nSPS) is 22.5. The second-order valence-corrected chi connectivity index (χ2v) is 9.54. The molecule has 1 amide bonds. The van der Waals surface area contributed by atoms with Crippen molar-refractivity contribution in [3.63, 3.8) is 0 Å². The third kappa shape index (κ3) is 5.80. The number of hydrogen-bond donors (Lipinski definition) is 1. The number of benzene rings is 1. The molecule has 2 aliphatic heterocycles. The Labute approximate surface area is 214 Å². The van der Waals surface area contributed by atoms with E-state index in [2.05, 4.69) is 4.98 Å².